The molecule has 1 aliphatic carbocycles. The first-order valence-electron chi connectivity index (χ1n) is 4.74. The Morgan fingerprint density at radius 2 is 2.31 bits per heavy atom. The minimum absolute atomic E-state index is 0.249. The minimum Gasteiger partial charge on any atom is -0.495 e. The average Bonchev–Trinajstić information content (AvgIpc) is 2.14. The molecule has 0 radical (unpaired) electrons. The van der Waals surface area contributed by atoms with Gasteiger partial charge in [0.15, 0.2) is 0 Å². The van der Waals surface area contributed by atoms with E-state index < -0.39 is 0 Å². The number of hydrogen-bond acceptors (Lipinski definition) is 3. The molecule has 0 aliphatic heterocycles. The van der Waals surface area contributed by atoms with Crippen LogP contribution in [0.5, 0.6) is 0 Å². The van der Waals surface area contributed by atoms with Gasteiger partial charge >= 0.3 is 5.97 Å². The third kappa shape index (κ3) is 4.55. The van der Waals surface area contributed by atoms with Crippen molar-refractivity contribution in [3.8, 4) is 0 Å². The summed E-state index contributed by atoms with van der Waals surface area (Å²) >= 11 is 0. The van der Waals surface area contributed by atoms with Crippen molar-refractivity contribution in [2.75, 3.05) is 13.2 Å². The van der Waals surface area contributed by atoms with E-state index in [1.54, 1.807) is 0 Å². The molecule has 3 heteroatoms. The predicted octanol–water partition coefficient (Wildman–Crippen LogP) is 2.02. The quantitative estimate of drug-likeness (QED) is 0.495. The van der Waals surface area contributed by atoms with Crippen LogP contribution in [-0.4, -0.2) is 19.2 Å². The van der Waals surface area contributed by atoms with E-state index in [0.29, 0.717) is 13.2 Å². The van der Waals surface area contributed by atoms with Crippen LogP contribution < -0.4 is 0 Å². The van der Waals surface area contributed by atoms with Crippen molar-refractivity contribution in [3.05, 3.63) is 11.8 Å². The van der Waals surface area contributed by atoms with Gasteiger partial charge in [0, 0.05) is 13.3 Å². The molecule has 0 atom stereocenters. The molecular formula is C10H16O3. The molecular weight excluding hydrogens is 168 g/mol. The lowest BCUT2D eigenvalue weighted by Crippen LogP contribution is -2.08. The van der Waals surface area contributed by atoms with Gasteiger partial charge in [-0.1, -0.05) is 0 Å². The summed E-state index contributed by atoms with van der Waals surface area (Å²) < 4.78 is 10.2. The van der Waals surface area contributed by atoms with Crippen LogP contribution >= 0.6 is 0 Å². The van der Waals surface area contributed by atoms with Crippen molar-refractivity contribution < 1.29 is 14.3 Å². The molecule has 0 N–H and O–H groups in total. The van der Waals surface area contributed by atoms with Crippen LogP contribution in [0.4, 0.5) is 0 Å². The van der Waals surface area contributed by atoms with Crippen molar-refractivity contribution >= 4 is 5.97 Å². The zero-order valence-electron chi connectivity index (χ0n) is 8.04. The lowest BCUT2D eigenvalue weighted by molar-refractivity contribution is -0.142. The summed E-state index contributed by atoms with van der Waals surface area (Å²) in [5.74, 6) is 0.805. The monoisotopic (exact) mass is 184 g/mol. The smallest absolute Gasteiger partial charge is 0.302 e. The van der Waals surface area contributed by atoms with E-state index in [1.165, 1.54) is 19.8 Å². The van der Waals surface area contributed by atoms with Crippen molar-refractivity contribution in [2.45, 2.75) is 32.6 Å². The van der Waals surface area contributed by atoms with E-state index in [2.05, 4.69) is 6.08 Å². The van der Waals surface area contributed by atoms with Gasteiger partial charge < -0.3 is 9.47 Å². The van der Waals surface area contributed by atoms with Crippen LogP contribution in [0.3, 0.4) is 0 Å². The van der Waals surface area contributed by atoms with Crippen molar-refractivity contribution in [1.29, 1.82) is 0 Å². The lowest BCUT2D eigenvalue weighted by atomic mass is 10.1. The Labute approximate surface area is 78.7 Å². The normalized spacial score (nSPS) is 16.2. The lowest BCUT2D eigenvalue weighted by Gasteiger charge is -2.13. The van der Waals surface area contributed by atoms with Gasteiger partial charge in [0.1, 0.15) is 13.2 Å². The minimum atomic E-state index is -0.249. The SMILES string of the molecule is CC(=O)OCCOC1=CCCCC1. The summed E-state index contributed by atoms with van der Waals surface area (Å²) in [6.07, 6.45) is 6.73. The molecule has 0 saturated heterocycles. The molecule has 0 saturated carbocycles. The van der Waals surface area contributed by atoms with Crippen LogP contribution in [-0.2, 0) is 14.3 Å². The summed E-state index contributed by atoms with van der Waals surface area (Å²) in [6.45, 7) is 2.23. The molecule has 0 amide bonds. The highest BCUT2D eigenvalue weighted by atomic mass is 16.6. The Bertz CT molecular complexity index is 196. The second kappa shape index (κ2) is 5.62. The molecule has 3 nitrogen and oxygen atoms in total. The Hall–Kier alpha value is -0.990. The summed E-state index contributed by atoms with van der Waals surface area (Å²) in [6, 6.07) is 0. The van der Waals surface area contributed by atoms with Crippen LogP contribution in [0.15, 0.2) is 11.8 Å². The molecule has 0 aromatic carbocycles. The average molecular weight is 184 g/mol. The maximum Gasteiger partial charge on any atom is 0.302 e. The van der Waals surface area contributed by atoms with Gasteiger partial charge in [-0.3, -0.25) is 4.79 Å². The van der Waals surface area contributed by atoms with Crippen LogP contribution in [0.2, 0.25) is 0 Å². The van der Waals surface area contributed by atoms with Crippen molar-refractivity contribution in [3.63, 3.8) is 0 Å². The number of esters is 1. The molecule has 0 bridgehead atoms. The zero-order chi connectivity index (χ0) is 9.52. The number of rotatable bonds is 4. The van der Waals surface area contributed by atoms with Gasteiger partial charge in [-0.15, -0.1) is 0 Å². The number of allylic oxidation sites excluding steroid dienone is 2. The summed E-state index contributed by atoms with van der Waals surface area (Å²) in [4.78, 5) is 10.4. The Kier molecular flexibility index (Phi) is 4.36. The largest absolute Gasteiger partial charge is 0.495 e. The van der Waals surface area contributed by atoms with Crippen LogP contribution in [0.1, 0.15) is 32.6 Å². The Morgan fingerprint density at radius 1 is 1.46 bits per heavy atom. The van der Waals surface area contributed by atoms with E-state index in [9.17, 15) is 4.79 Å². The summed E-state index contributed by atoms with van der Waals surface area (Å²) in [5, 5.41) is 0. The molecule has 0 spiro atoms. The van der Waals surface area contributed by atoms with E-state index in [-0.39, 0.29) is 5.97 Å². The number of hydrogen-bond donors (Lipinski definition) is 0. The van der Waals surface area contributed by atoms with E-state index >= 15 is 0 Å². The van der Waals surface area contributed by atoms with Gasteiger partial charge in [-0.05, 0) is 25.3 Å². The fourth-order valence-electron chi connectivity index (χ4n) is 1.30. The molecule has 13 heavy (non-hydrogen) atoms. The fourth-order valence-corrected chi connectivity index (χ4v) is 1.30. The third-order valence-electron chi connectivity index (χ3n) is 1.93. The van der Waals surface area contributed by atoms with E-state index in [4.69, 9.17) is 9.47 Å². The molecule has 0 unspecified atom stereocenters. The Balaban J connectivity index is 2.04. The molecule has 74 valence electrons. The standard InChI is InChI=1S/C10H16O3/c1-9(11)12-7-8-13-10-5-3-2-4-6-10/h5H,2-4,6-8H2,1H3. The van der Waals surface area contributed by atoms with E-state index in [1.807, 2.05) is 0 Å². The first kappa shape index (κ1) is 10.1. The van der Waals surface area contributed by atoms with Gasteiger partial charge in [0.25, 0.3) is 0 Å². The molecule has 0 fully saturated rings. The van der Waals surface area contributed by atoms with E-state index in [0.717, 1.165) is 18.6 Å². The summed E-state index contributed by atoms with van der Waals surface area (Å²) in [5.41, 5.74) is 0. The highest BCUT2D eigenvalue weighted by Gasteiger charge is 2.03. The summed E-state index contributed by atoms with van der Waals surface area (Å²) in [7, 11) is 0. The van der Waals surface area contributed by atoms with Gasteiger partial charge in [-0.2, -0.15) is 0 Å². The predicted molar refractivity (Wildman–Crippen MR) is 49.1 cm³/mol. The second-order valence-corrected chi connectivity index (χ2v) is 3.10. The van der Waals surface area contributed by atoms with Crippen molar-refractivity contribution in [1.82, 2.24) is 0 Å². The maximum absolute atomic E-state index is 10.4. The third-order valence-corrected chi connectivity index (χ3v) is 1.93. The molecule has 0 heterocycles. The van der Waals surface area contributed by atoms with Crippen molar-refractivity contribution in [2.24, 2.45) is 0 Å². The second-order valence-electron chi connectivity index (χ2n) is 3.10. The highest BCUT2D eigenvalue weighted by Crippen LogP contribution is 2.17. The molecule has 1 aliphatic rings. The van der Waals surface area contributed by atoms with Crippen LogP contribution in [0, 0.1) is 0 Å². The molecule has 1 rings (SSSR count). The maximum atomic E-state index is 10.4. The van der Waals surface area contributed by atoms with Gasteiger partial charge in [0.05, 0.1) is 5.76 Å². The fraction of sp³-hybridized carbons (Fsp3) is 0.700. The molecule has 0 aromatic heterocycles. The topological polar surface area (TPSA) is 35.5 Å². The van der Waals surface area contributed by atoms with Crippen LogP contribution in [0.25, 0.3) is 0 Å². The number of carbonyl (C=O) groups is 1. The highest BCUT2D eigenvalue weighted by molar-refractivity contribution is 5.65. The number of ether oxygens (including phenoxy) is 2. The number of carbonyl (C=O) groups excluding carboxylic acids is 1. The Morgan fingerprint density at radius 3 is 2.92 bits per heavy atom. The first-order chi connectivity index (χ1) is 6.29. The molecule has 0 aromatic rings. The van der Waals surface area contributed by atoms with Gasteiger partial charge in [-0.25, -0.2) is 0 Å². The van der Waals surface area contributed by atoms with Gasteiger partial charge in [0.2, 0.25) is 0 Å². The zero-order valence-corrected chi connectivity index (χ0v) is 8.04. The first-order valence-corrected chi connectivity index (χ1v) is 4.74.